The zero-order valence-corrected chi connectivity index (χ0v) is 21.0. The Morgan fingerprint density at radius 3 is 1.97 bits per heavy atom. The Morgan fingerprint density at radius 2 is 1.38 bits per heavy atom. The molecule has 0 radical (unpaired) electrons. The van der Waals surface area contributed by atoms with Crippen LogP contribution >= 0.6 is 0 Å². The van der Waals surface area contributed by atoms with Crippen molar-refractivity contribution in [3.8, 4) is 0 Å². The molecule has 4 rings (SSSR count). The summed E-state index contributed by atoms with van der Waals surface area (Å²) in [5.41, 5.74) is 3.23. The molecule has 1 aliphatic rings. The van der Waals surface area contributed by atoms with E-state index in [1.54, 1.807) is 13.8 Å². The summed E-state index contributed by atoms with van der Waals surface area (Å²) in [5, 5.41) is 0. The van der Waals surface area contributed by atoms with Gasteiger partial charge in [-0.2, -0.15) is 0 Å². The lowest BCUT2D eigenvalue weighted by atomic mass is 9.92. The Kier molecular flexibility index (Phi) is 8.36. The Morgan fingerprint density at radius 1 is 0.811 bits per heavy atom. The van der Waals surface area contributed by atoms with Crippen LogP contribution in [0.4, 0.5) is 4.79 Å². The first-order chi connectivity index (χ1) is 18.0. The van der Waals surface area contributed by atoms with Gasteiger partial charge in [-0.05, 0) is 30.5 Å². The maximum absolute atomic E-state index is 13.9. The number of ether oxygens (including phenoxy) is 2. The van der Waals surface area contributed by atoms with Gasteiger partial charge in [0.25, 0.3) is 0 Å². The van der Waals surface area contributed by atoms with E-state index in [4.69, 9.17) is 9.47 Å². The predicted molar refractivity (Wildman–Crippen MR) is 139 cm³/mol. The molecule has 0 N–H and O–H groups in total. The van der Waals surface area contributed by atoms with E-state index in [1.165, 1.54) is 9.80 Å². The molecule has 0 aromatic heterocycles. The van der Waals surface area contributed by atoms with Crippen LogP contribution in [-0.2, 0) is 32.2 Å². The molecule has 0 saturated heterocycles. The fourth-order valence-corrected chi connectivity index (χ4v) is 4.41. The second kappa shape index (κ2) is 12.0. The molecule has 1 heterocycles. The van der Waals surface area contributed by atoms with Crippen LogP contribution in [0.5, 0.6) is 0 Å². The van der Waals surface area contributed by atoms with Gasteiger partial charge in [0.05, 0.1) is 24.8 Å². The van der Waals surface area contributed by atoms with Gasteiger partial charge in [-0.15, -0.1) is 0 Å². The van der Waals surface area contributed by atoms with Crippen LogP contribution in [-0.4, -0.2) is 40.9 Å². The highest BCUT2D eigenvalue weighted by Crippen LogP contribution is 2.38. The largest absolute Gasteiger partial charge is 0.465 e. The summed E-state index contributed by atoms with van der Waals surface area (Å²) in [7, 11) is 0. The molecule has 0 spiro atoms. The number of esters is 2. The number of benzene rings is 3. The van der Waals surface area contributed by atoms with Gasteiger partial charge in [-0.1, -0.05) is 91.0 Å². The third kappa shape index (κ3) is 6.06. The molecule has 0 bridgehead atoms. The van der Waals surface area contributed by atoms with E-state index in [-0.39, 0.29) is 32.3 Å². The van der Waals surface area contributed by atoms with Crippen LogP contribution in [0.15, 0.2) is 102 Å². The van der Waals surface area contributed by atoms with Crippen molar-refractivity contribution in [3.63, 3.8) is 0 Å². The van der Waals surface area contributed by atoms with E-state index >= 15 is 0 Å². The van der Waals surface area contributed by atoms with E-state index < -0.39 is 18.0 Å². The predicted octanol–water partition coefficient (Wildman–Crippen LogP) is 5.25. The van der Waals surface area contributed by atoms with Crippen LogP contribution in [0.1, 0.15) is 36.6 Å². The molecule has 37 heavy (non-hydrogen) atoms. The highest BCUT2D eigenvalue weighted by atomic mass is 16.5. The average molecular weight is 499 g/mol. The molecule has 1 atom stereocenters. The first-order valence-electron chi connectivity index (χ1n) is 12.2. The lowest BCUT2D eigenvalue weighted by Gasteiger charge is -2.42. The van der Waals surface area contributed by atoms with Crippen molar-refractivity contribution in [2.24, 2.45) is 0 Å². The molecule has 0 fully saturated rings. The van der Waals surface area contributed by atoms with E-state index in [0.29, 0.717) is 16.8 Å². The minimum absolute atomic E-state index is 0.0858. The Hall–Kier alpha value is -4.39. The van der Waals surface area contributed by atoms with E-state index in [0.717, 1.165) is 11.1 Å². The fourth-order valence-electron chi connectivity index (χ4n) is 4.41. The second-order valence-corrected chi connectivity index (χ2v) is 8.66. The number of nitrogens with zero attached hydrogens (tertiary/aromatic N) is 2. The topological polar surface area (TPSA) is 76.2 Å². The Bertz CT molecular complexity index is 1260. The molecule has 0 saturated carbocycles. The lowest BCUT2D eigenvalue weighted by Crippen LogP contribution is -2.52. The number of rotatable bonds is 9. The maximum Gasteiger partial charge on any atom is 0.338 e. The van der Waals surface area contributed by atoms with Crippen molar-refractivity contribution in [1.29, 1.82) is 0 Å². The first-order valence-corrected chi connectivity index (χ1v) is 12.2. The monoisotopic (exact) mass is 498 g/mol. The van der Waals surface area contributed by atoms with E-state index in [9.17, 15) is 14.4 Å². The van der Waals surface area contributed by atoms with Crippen LogP contribution in [0.3, 0.4) is 0 Å². The summed E-state index contributed by atoms with van der Waals surface area (Å²) in [6, 6.07) is 26.9. The highest BCUT2D eigenvalue weighted by Gasteiger charge is 2.43. The van der Waals surface area contributed by atoms with E-state index in [2.05, 4.69) is 0 Å². The summed E-state index contributed by atoms with van der Waals surface area (Å²) in [4.78, 5) is 43.0. The number of hydrogen-bond acceptors (Lipinski definition) is 5. The first kappa shape index (κ1) is 25.7. The van der Waals surface area contributed by atoms with Crippen molar-refractivity contribution >= 4 is 18.0 Å². The van der Waals surface area contributed by atoms with Crippen LogP contribution in [0.2, 0.25) is 0 Å². The molecule has 1 aliphatic heterocycles. The third-order valence-corrected chi connectivity index (χ3v) is 6.19. The molecule has 3 aromatic rings. The molecular weight excluding hydrogens is 468 g/mol. The van der Waals surface area contributed by atoms with Crippen molar-refractivity contribution in [2.75, 3.05) is 13.2 Å². The molecule has 1 unspecified atom stereocenters. The van der Waals surface area contributed by atoms with Gasteiger partial charge in [0.1, 0.15) is 13.2 Å². The van der Waals surface area contributed by atoms with Crippen LogP contribution in [0, 0.1) is 0 Å². The lowest BCUT2D eigenvalue weighted by molar-refractivity contribution is -0.146. The molecule has 190 valence electrons. The van der Waals surface area contributed by atoms with Gasteiger partial charge in [0, 0.05) is 5.70 Å². The van der Waals surface area contributed by atoms with Crippen LogP contribution < -0.4 is 0 Å². The zero-order chi connectivity index (χ0) is 26.2. The minimum Gasteiger partial charge on any atom is -0.465 e. The van der Waals surface area contributed by atoms with E-state index in [1.807, 2.05) is 91.0 Å². The van der Waals surface area contributed by atoms with Gasteiger partial charge in [-0.25, -0.2) is 9.59 Å². The number of urea groups is 1. The van der Waals surface area contributed by atoms with Crippen molar-refractivity contribution in [1.82, 2.24) is 9.80 Å². The Balaban J connectivity index is 1.78. The third-order valence-electron chi connectivity index (χ3n) is 6.19. The minimum atomic E-state index is -0.812. The van der Waals surface area contributed by atoms with Gasteiger partial charge >= 0.3 is 18.0 Å². The summed E-state index contributed by atoms with van der Waals surface area (Å²) < 4.78 is 10.9. The smallest absolute Gasteiger partial charge is 0.338 e. The van der Waals surface area contributed by atoms with Crippen molar-refractivity contribution in [3.05, 3.63) is 119 Å². The molecule has 7 heteroatoms. The number of amides is 2. The summed E-state index contributed by atoms with van der Waals surface area (Å²) in [6.07, 6.45) is 0. The summed E-state index contributed by atoms with van der Waals surface area (Å²) in [5.74, 6) is -1.09. The average Bonchev–Trinajstić information content (AvgIpc) is 2.93. The number of carbonyl (C=O) groups excluding carboxylic acids is 3. The van der Waals surface area contributed by atoms with Crippen LogP contribution in [0.25, 0.3) is 0 Å². The Labute approximate surface area is 216 Å². The molecule has 0 aliphatic carbocycles. The quantitative estimate of drug-likeness (QED) is 0.377. The molecular formula is C30H30N2O5. The molecule has 2 amide bonds. The fraction of sp³-hybridized carbons (Fsp3) is 0.233. The number of allylic oxidation sites excluding steroid dienone is 1. The number of hydrogen-bond donors (Lipinski definition) is 0. The highest BCUT2D eigenvalue weighted by molar-refractivity contribution is 5.96. The maximum atomic E-state index is 13.9. The second-order valence-electron chi connectivity index (χ2n) is 8.66. The summed E-state index contributed by atoms with van der Waals surface area (Å²) >= 11 is 0. The molecule has 3 aromatic carbocycles. The zero-order valence-electron chi connectivity index (χ0n) is 21.0. The standard InChI is InChI=1S/C30H30N2O5/c1-3-36-26(33)20-32-28(25-17-11-6-12-18-25)27(29(34)37-21-24-15-9-5-10-16-24)22(2)31(30(32)35)19-23-13-7-4-8-14-23/h4-18,28H,3,19-21H2,1-2H3. The van der Waals surface area contributed by atoms with Crippen molar-refractivity contribution in [2.45, 2.75) is 33.0 Å². The number of carbonyl (C=O) groups is 3. The van der Waals surface area contributed by atoms with Gasteiger partial charge in [0.2, 0.25) is 0 Å². The summed E-state index contributed by atoms with van der Waals surface area (Å²) in [6.45, 7) is 3.66. The molecule has 7 nitrogen and oxygen atoms in total. The SMILES string of the molecule is CCOC(=O)CN1C(=O)N(Cc2ccccc2)C(C)=C(C(=O)OCc2ccccc2)C1c1ccccc1. The van der Waals surface area contributed by atoms with Crippen molar-refractivity contribution < 1.29 is 23.9 Å². The van der Waals surface area contributed by atoms with Gasteiger partial charge < -0.3 is 14.4 Å². The van der Waals surface area contributed by atoms with Gasteiger partial charge in [-0.3, -0.25) is 9.69 Å². The van der Waals surface area contributed by atoms with Gasteiger partial charge in [0.15, 0.2) is 0 Å². The normalized spacial score (nSPS) is 15.5.